The van der Waals surface area contributed by atoms with Crippen LogP contribution in [0.15, 0.2) is 58.2 Å². The number of hydrogen-bond donors (Lipinski definition) is 2. The number of methoxy groups -OCH3 is 4. The molecule has 37 heavy (non-hydrogen) atoms. The zero-order valence-electron chi connectivity index (χ0n) is 20.5. The van der Waals surface area contributed by atoms with Crippen LogP contribution in [0.2, 0.25) is 0 Å². The van der Waals surface area contributed by atoms with E-state index in [1.807, 2.05) is 0 Å². The number of rotatable bonds is 11. The van der Waals surface area contributed by atoms with E-state index >= 15 is 0 Å². The Labute approximate surface area is 212 Å². The molecule has 0 aliphatic heterocycles. The molecule has 1 heterocycles. The van der Waals surface area contributed by atoms with Crippen molar-refractivity contribution in [3.8, 4) is 28.7 Å². The van der Waals surface area contributed by atoms with Crippen LogP contribution in [-0.4, -0.2) is 59.0 Å². The van der Waals surface area contributed by atoms with E-state index < -0.39 is 17.8 Å². The van der Waals surface area contributed by atoms with Crippen molar-refractivity contribution in [3.05, 3.63) is 65.6 Å². The minimum Gasteiger partial charge on any atom is -0.493 e. The lowest BCUT2D eigenvalue weighted by Crippen LogP contribution is -2.34. The highest BCUT2D eigenvalue weighted by atomic mass is 16.6. The van der Waals surface area contributed by atoms with Crippen molar-refractivity contribution in [3.63, 3.8) is 0 Å². The standard InChI is InChI=1S/C25H25N3O9/c1-32-19-10-15(7-8-17(19)37-25(31)18-6-5-9-36-18)13-27-28-22(29)14-26-24(30)16-11-20(33-2)23(35-4)21(12-16)34-3/h5-13H,14H2,1-4H3,(H,26,30)(H,28,29). The molecule has 0 atom stereocenters. The molecule has 1 aromatic heterocycles. The van der Waals surface area contributed by atoms with E-state index in [2.05, 4.69) is 15.8 Å². The highest BCUT2D eigenvalue weighted by Crippen LogP contribution is 2.38. The summed E-state index contributed by atoms with van der Waals surface area (Å²) in [5, 5.41) is 6.36. The van der Waals surface area contributed by atoms with Gasteiger partial charge in [0.15, 0.2) is 23.0 Å². The summed E-state index contributed by atoms with van der Waals surface area (Å²) in [5.74, 6) is -0.313. The lowest BCUT2D eigenvalue weighted by Gasteiger charge is -2.14. The molecule has 3 rings (SSSR count). The summed E-state index contributed by atoms with van der Waals surface area (Å²) in [6.07, 6.45) is 2.72. The van der Waals surface area contributed by atoms with E-state index in [1.165, 1.54) is 65.2 Å². The maximum absolute atomic E-state index is 12.5. The van der Waals surface area contributed by atoms with Crippen molar-refractivity contribution in [2.24, 2.45) is 5.10 Å². The van der Waals surface area contributed by atoms with Crippen molar-refractivity contribution in [2.75, 3.05) is 35.0 Å². The average Bonchev–Trinajstić information content (AvgIpc) is 3.46. The van der Waals surface area contributed by atoms with Crippen molar-refractivity contribution in [1.29, 1.82) is 0 Å². The minimum atomic E-state index is -0.675. The van der Waals surface area contributed by atoms with Gasteiger partial charge in [-0.2, -0.15) is 5.10 Å². The van der Waals surface area contributed by atoms with Crippen LogP contribution >= 0.6 is 0 Å². The van der Waals surface area contributed by atoms with Gasteiger partial charge in [0, 0.05) is 5.56 Å². The first kappa shape index (κ1) is 26.6. The van der Waals surface area contributed by atoms with Crippen LogP contribution in [0.4, 0.5) is 0 Å². The molecule has 0 fully saturated rings. The highest BCUT2D eigenvalue weighted by Gasteiger charge is 2.18. The topological polar surface area (TPSA) is 147 Å². The number of carbonyl (C=O) groups excluding carboxylic acids is 3. The van der Waals surface area contributed by atoms with Gasteiger partial charge in [0.2, 0.25) is 11.5 Å². The van der Waals surface area contributed by atoms with Crippen LogP contribution in [0.5, 0.6) is 28.7 Å². The fourth-order valence-electron chi connectivity index (χ4n) is 3.09. The molecule has 2 aromatic carbocycles. The second-order valence-corrected chi connectivity index (χ2v) is 7.17. The predicted molar refractivity (Wildman–Crippen MR) is 131 cm³/mol. The average molecular weight is 511 g/mol. The summed E-state index contributed by atoms with van der Waals surface area (Å²) in [6.45, 7) is -0.335. The largest absolute Gasteiger partial charge is 0.493 e. The van der Waals surface area contributed by atoms with E-state index in [9.17, 15) is 14.4 Å². The van der Waals surface area contributed by atoms with Crippen LogP contribution in [-0.2, 0) is 4.79 Å². The van der Waals surface area contributed by atoms with Crippen LogP contribution in [0.3, 0.4) is 0 Å². The molecule has 0 radical (unpaired) electrons. The van der Waals surface area contributed by atoms with E-state index in [1.54, 1.807) is 18.2 Å². The first-order chi connectivity index (χ1) is 17.9. The third-order valence-electron chi connectivity index (χ3n) is 4.85. The number of nitrogens with zero attached hydrogens (tertiary/aromatic N) is 1. The molecule has 0 saturated carbocycles. The number of amides is 2. The molecule has 2 N–H and O–H groups in total. The summed E-state index contributed by atoms with van der Waals surface area (Å²) in [6, 6.07) is 10.7. The van der Waals surface area contributed by atoms with E-state index in [-0.39, 0.29) is 29.4 Å². The summed E-state index contributed by atoms with van der Waals surface area (Å²) < 4.78 is 31.2. The molecule has 3 aromatic rings. The SMILES string of the molecule is COc1cc(C=NNC(=O)CNC(=O)c2cc(OC)c(OC)c(OC)c2)ccc1OC(=O)c1ccco1. The van der Waals surface area contributed by atoms with Gasteiger partial charge in [-0.05, 0) is 48.0 Å². The fourth-order valence-corrected chi connectivity index (χ4v) is 3.09. The number of nitrogens with one attached hydrogen (secondary N) is 2. The fraction of sp³-hybridized carbons (Fsp3) is 0.200. The quantitative estimate of drug-likeness (QED) is 0.171. The van der Waals surface area contributed by atoms with Crippen LogP contribution in [0.1, 0.15) is 26.5 Å². The molecule has 0 saturated heterocycles. The summed E-state index contributed by atoms with van der Waals surface area (Å²) in [5.41, 5.74) is 3.08. The number of ether oxygens (including phenoxy) is 5. The van der Waals surface area contributed by atoms with Crippen LogP contribution in [0, 0.1) is 0 Å². The Morgan fingerprint density at radius 3 is 2.19 bits per heavy atom. The molecule has 0 aliphatic carbocycles. The van der Waals surface area contributed by atoms with Crippen LogP contribution < -0.4 is 34.4 Å². The van der Waals surface area contributed by atoms with E-state index in [0.717, 1.165) is 0 Å². The Kier molecular flexibility index (Phi) is 9.08. The molecule has 12 heteroatoms. The van der Waals surface area contributed by atoms with Gasteiger partial charge in [0.25, 0.3) is 11.8 Å². The van der Waals surface area contributed by atoms with Gasteiger partial charge in [0.05, 0.1) is 47.5 Å². The first-order valence-electron chi connectivity index (χ1n) is 10.7. The first-order valence-corrected chi connectivity index (χ1v) is 10.7. The number of benzene rings is 2. The summed E-state index contributed by atoms with van der Waals surface area (Å²) in [4.78, 5) is 36.7. The lowest BCUT2D eigenvalue weighted by atomic mass is 10.1. The maximum Gasteiger partial charge on any atom is 0.379 e. The number of hydrazone groups is 1. The van der Waals surface area contributed by atoms with Gasteiger partial charge in [0.1, 0.15) is 0 Å². The van der Waals surface area contributed by atoms with Crippen molar-refractivity contribution < 1.29 is 42.5 Å². The molecule has 194 valence electrons. The summed E-state index contributed by atoms with van der Waals surface area (Å²) >= 11 is 0. The van der Waals surface area contributed by atoms with Gasteiger partial charge in [-0.25, -0.2) is 10.2 Å². The van der Waals surface area contributed by atoms with Gasteiger partial charge < -0.3 is 33.4 Å². The van der Waals surface area contributed by atoms with Gasteiger partial charge >= 0.3 is 5.97 Å². The summed E-state index contributed by atoms with van der Waals surface area (Å²) in [7, 11) is 5.73. The Morgan fingerprint density at radius 2 is 1.59 bits per heavy atom. The van der Waals surface area contributed by atoms with Crippen molar-refractivity contribution in [1.82, 2.24) is 10.7 Å². The monoisotopic (exact) mass is 511 g/mol. The van der Waals surface area contributed by atoms with Crippen molar-refractivity contribution >= 4 is 24.0 Å². The predicted octanol–water partition coefficient (Wildman–Crippen LogP) is 2.41. The smallest absolute Gasteiger partial charge is 0.379 e. The Bertz CT molecular complexity index is 1260. The Hall–Kier alpha value is -5.00. The highest BCUT2D eigenvalue weighted by molar-refractivity contribution is 5.97. The molecule has 2 amide bonds. The number of furan rings is 1. The second-order valence-electron chi connectivity index (χ2n) is 7.17. The van der Waals surface area contributed by atoms with Gasteiger partial charge in [-0.1, -0.05) is 0 Å². The zero-order valence-corrected chi connectivity index (χ0v) is 20.5. The normalized spacial score (nSPS) is 10.5. The van der Waals surface area contributed by atoms with Crippen LogP contribution in [0.25, 0.3) is 0 Å². The molecule has 0 bridgehead atoms. The molecule has 0 unspecified atom stereocenters. The molecular weight excluding hydrogens is 486 g/mol. The maximum atomic E-state index is 12.5. The Morgan fingerprint density at radius 1 is 0.892 bits per heavy atom. The third kappa shape index (κ3) is 6.78. The van der Waals surface area contributed by atoms with E-state index in [4.69, 9.17) is 28.1 Å². The zero-order chi connectivity index (χ0) is 26.8. The Balaban J connectivity index is 1.56. The van der Waals surface area contributed by atoms with Gasteiger partial charge in [-0.15, -0.1) is 0 Å². The third-order valence-corrected chi connectivity index (χ3v) is 4.85. The lowest BCUT2D eigenvalue weighted by molar-refractivity contribution is -0.120. The number of esters is 1. The molecule has 0 spiro atoms. The van der Waals surface area contributed by atoms with E-state index in [0.29, 0.717) is 22.8 Å². The molecule has 0 aliphatic rings. The number of carbonyl (C=O) groups is 3. The molecular formula is C25H25N3O9. The second kappa shape index (κ2) is 12.6. The number of hydrogen-bond acceptors (Lipinski definition) is 10. The van der Waals surface area contributed by atoms with Crippen molar-refractivity contribution in [2.45, 2.75) is 0 Å². The molecule has 12 nitrogen and oxygen atoms in total. The minimum absolute atomic E-state index is 0.0489. The van der Waals surface area contributed by atoms with Gasteiger partial charge in [-0.3, -0.25) is 9.59 Å².